The Kier molecular flexibility index (Phi) is 2.58. The molecule has 0 aliphatic heterocycles. The molecule has 1 aromatic heterocycles. The maximum absolute atomic E-state index is 5.14. The summed E-state index contributed by atoms with van der Waals surface area (Å²) in [4.78, 5) is 0. The van der Waals surface area contributed by atoms with Crippen LogP contribution in [0.25, 0.3) is 11.1 Å². The highest BCUT2D eigenvalue weighted by Gasteiger charge is 2.10. The zero-order valence-corrected chi connectivity index (χ0v) is 10.2. The lowest BCUT2D eigenvalue weighted by Gasteiger charge is -2.00. The molecule has 2 nitrogen and oxygen atoms in total. The highest BCUT2D eigenvalue weighted by Crippen LogP contribution is 2.27. The van der Waals surface area contributed by atoms with Crippen LogP contribution in [-0.4, -0.2) is 5.16 Å². The van der Waals surface area contributed by atoms with Crippen LogP contribution in [0.3, 0.4) is 0 Å². The van der Waals surface area contributed by atoms with Crippen LogP contribution < -0.4 is 0 Å². The van der Waals surface area contributed by atoms with Gasteiger partial charge in [-0.05, 0) is 54.1 Å². The fourth-order valence-corrected chi connectivity index (χ4v) is 2.08. The predicted octanol–water partition coefficient (Wildman–Crippen LogP) is 3.56. The first-order valence-corrected chi connectivity index (χ1v) is 5.45. The molecule has 3 heteroatoms. The van der Waals surface area contributed by atoms with Gasteiger partial charge in [-0.3, -0.25) is 0 Å². The summed E-state index contributed by atoms with van der Waals surface area (Å²) < 4.78 is 6.36. The molecule has 1 heterocycles. The Morgan fingerprint density at radius 3 is 2.64 bits per heavy atom. The van der Waals surface area contributed by atoms with Crippen LogP contribution in [0.1, 0.15) is 11.5 Å². The average Bonchev–Trinajstić information content (AvgIpc) is 2.46. The second-order valence-corrected chi connectivity index (χ2v) is 4.46. The van der Waals surface area contributed by atoms with Gasteiger partial charge < -0.3 is 4.52 Å². The van der Waals surface area contributed by atoms with Crippen molar-refractivity contribution in [2.45, 2.75) is 13.8 Å². The molecule has 2 rings (SSSR count). The van der Waals surface area contributed by atoms with Gasteiger partial charge in [0.2, 0.25) is 0 Å². The van der Waals surface area contributed by atoms with Crippen LogP contribution in [-0.2, 0) is 0 Å². The van der Waals surface area contributed by atoms with Crippen LogP contribution in [0.4, 0.5) is 0 Å². The first-order valence-electron chi connectivity index (χ1n) is 4.37. The Morgan fingerprint density at radius 1 is 1.29 bits per heavy atom. The summed E-state index contributed by atoms with van der Waals surface area (Å²) in [6.07, 6.45) is 0. The molecule has 0 amide bonds. The first-order chi connectivity index (χ1) is 6.68. The van der Waals surface area contributed by atoms with Gasteiger partial charge in [0.05, 0.1) is 5.69 Å². The maximum atomic E-state index is 5.14. The second-order valence-electron chi connectivity index (χ2n) is 3.21. The summed E-state index contributed by atoms with van der Waals surface area (Å²) in [5.41, 5.74) is 3.24. The smallest absolute Gasteiger partial charge is 0.141 e. The summed E-state index contributed by atoms with van der Waals surface area (Å²) in [5, 5.41) is 3.94. The molecule has 72 valence electrons. The van der Waals surface area contributed by atoms with Gasteiger partial charge >= 0.3 is 0 Å². The fraction of sp³-hybridized carbons (Fsp3) is 0.182. The van der Waals surface area contributed by atoms with Crippen molar-refractivity contribution in [2.24, 2.45) is 0 Å². The van der Waals surface area contributed by atoms with Gasteiger partial charge in [-0.25, -0.2) is 0 Å². The lowest BCUT2D eigenvalue weighted by atomic mass is 10.0. The van der Waals surface area contributed by atoms with E-state index in [9.17, 15) is 0 Å². The first kappa shape index (κ1) is 9.71. The Morgan fingerprint density at radius 2 is 2.07 bits per heavy atom. The molecule has 0 aliphatic carbocycles. The molecule has 14 heavy (non-hydrogen) atoms. The molecule has 0 aliphatic rings. The molecule has 0 spiro atoms. The van der Waals surface area contributed by atoms with Crippen molar-refractivity contribution >= 4 is 22.6 Å². The van der Waals surface area contributed by atoms with Crippen LogP contribution in [0.2, 0.25) is 0 Å². The third-order valence-electron chi connectivity index (χ3n) is 2.15. The van der Waals surface area contributed by atoms with Gasteiger partial charge in [0.15, 0.2) is 0 Å². The number of aryl methyl sites for hydroxylation is 2. The number of rotatable bonds is 1. The van der Waals surface area contributed by atoms with Crippen molar-refractivity contribution < 1.29 is 4.52 Å². The van der Waals surface area contributed by atoms with E-state index in [2.05, 4.69) is 45.9 Å². The van der Waals surface area contributed by atoms with E-state index in [0.29, 0.717) is 0 Å². The van der Waals surface area contributed by atoms with Gasteiger partial charge in [0.1, 0.15) is 5.76 Å². The quantitative estimate of drug-likeness (QED) is 0.752. The van der Waals surface area contributed by atoms with Crippen LogP contribution in [0.5, 0.6) is 0 Å². The highest BCUT2D eigenvalue weighted by atomic mass is 127. The SMILES string of the molecule is Cc1noc(C)c1-c1cccc(I)c1. The maximum Gasteiger partial charge on any atom is 0.141 e. The minimum Gasteiger partial charge on any atom is -0.361 e. The second kappa shape index (κ2) is 3.73. The van der Waals surface area contributed by atoms with Crippen molar-refractivity contribution in [1.82, 2.24) is 5.16 Å². The monoisotopic (exact) mass is 299 g/mol. The molecular formula is C11H10INO. The largest absolute Gasteiger partial charge is 0.361 e. The van der Waals surface area contributed by atoms with E-state index in [1.165, 1.54) is 9.13 Å². The van der Waals surface area contributed by atoms with Gasteiger partial charge in [0.25, 0.3) is 0 Å². The molecule has 2 aromatic rings. The Balaban J connectivity index is 2.59. The molecule has 0 unspecified atom stereocenters. The number of nitrogens with zero attached hydrogens (tertiary/aromatic N) is 1. The molecular weight excluding hydrogens is 289 g/mol. The van der Waals surface area contributed by atoms with E-state index in [4.69, 9.17) is 4.52 Å². The molecule has 0 saturated carbocycles. The number of hydrogen-bond donors (Lipinski definition) is 0. The number of halogens is 1. The number of benzene rings is 1. The van der Waals surface area contributed by atoms with Crippen LogP contribution in [0, 0.1) is 17.4 Å². The topological polar surface area (TPSA) is 26.0 Å². The zero-order valence-electron chi connectivity index (χ0n) is 8.04. The fourth-order valence-electron chi connectivity index (χ4n) is 1.54. The molecule has 0 atom stereocenters. The van der Waals surface area contributed by atoms with E-state index in [-0.39, 0.29) is 0 Å². The minimum absolute atomic E-state index is 0.879. The Bertz CT molecular complexity index is 443. The summed E-state index contributed by atoms with van der Waals surface area (Å²) in [6, 6.07) is 8.33. The summed E-state index contributed by atoms with van der Waals surface area (Å²) >= 11 is 2.30. The normalized spacial score (nSPS) is 10.5. The standard InChI is InChI=1S/C11H10INO/c1-7-11(8(2)14-13-7)9-4-3-5-10(12)6-9/h3-6H,1-2H3. The summed E-state index contributed by atoms with van der Waals surface area (Å²) in [5.74, 6) is 0.879. The van der Waals surface area contributed by atoms with E-state index in [1.807, 2.05) is 19.9 Å². The van der Waals surface area contributed by atoms with E-state index >= 15 is 0 Å². The van der Waals surface area contributed by atoms with E-state index in [1.54, 1.807) is 0 Å². The van der Waals surface area contributed by atoms with Gasteiger partial charge in [-0.1, -0.05) is 17.3 Å². The number of hydrogen-bond acceptors (Lipinski definition) is 2. The van der Waals surface area contributed by atoms with Crippen molar-refractivity contribution in [3.63, 3.8) is 0 Å². The minimum atomic E-state index is 0.879. The van der Waals surface area contributed by atoms with Crippen molar-refractivity contribution in [1.29, 1.82) is 0 Å². The summed E-state index contributed by atoms with van der Waals surface area (Å²) in [6.45, 7) is 3.90. The van der Waals surface area contributed by atoms with Crippen LogP contribution in [0.15, 0.2) is 28.8 Å². The summed E-state index contributed by atoms with van der Waals surface area (Å²) in [7, 11) is 0. The molecule has 0 bridgehead atoms. The van der Waals surface area contributed by atoms with Gasteiger partial charge in [-0.15, -0.1) is 0 Å². The molecule has 0 fully saturated rings. The lowest BCUT2D eigenvalue weighted by Crippen LogP contribution is -1.82. The van der Waals surface area contributed by atoms with Gasteiger partial charge in [-0.2, -0.15) is 0 Å². The molecule has 0 N–H and O–H groups in total. The Hall–Kier alpha value is -0.840. The van der Waals surface area contributed by atoms with E-state index in [0.717, 1.165) is 17.0 Å². The average molecular weight is 299 g/mol. The third kappa shape index (κ3) is 1.68. The molecule has 0 saturated heterocycles. The predicted molar refractivity (Wildman–Crippen MR) is 64.1 cm³/mol. The van der Waals surface area contributed by atoms with E-state index < -0.39 is 0 Å². The van der Waals surface area contributed by atoms with Crippen molar-refractivity contribution in [3.05, 3.63) is 39.3 Å². The van der Waals surface area contributed by atoms with Crippen molar-refractivity contribution in [2.75, 3.05) is 0 Å². The third-order valence-corrected chi connectivity index (χ3v) is 2.82. The zero-order chi connectivity index (χ0) is 10.1. The molecule has 0 radical (unpaired) electrons. The Labute approximate surface area is 96.4 Å². The van der Waals surface area contributed by atoms with Gasteiger partial charge in [0, 0.05) is 9.13 Å². The van der Waals surface area contributed by atoms with Crippen molar-refractivity contribution in [3.8, 4) is 11.1 Å². The van der Waals surface area contributed by atoms with Crippen LogP contribution >= 0.6 is 22.6 Å². The lowest BCUT2D eigenvalue weighted by molar-refractivity contribution is 0.393. The highest BCUT2D eigenvalue weighted by molar-refractivity contribution is 14.1. The number of aromatic nitrogens is 1. The molecule has 1 aromatic carbocycles.